The van der Waals surface area contributed by atoms with Crippen LogP contribution in [0.5, 0.6) is 11.5 Å². The summed E-state index contributed by atoms with van der Waals surface area (Å²) < 4.78 is 5.65. The maximum absolute atomic E-state index is 12.9. The Kier molecular flexibility index (Phi) is 6.79. The number of phenols is 1. The predicted molar refractivity (Wildman–Crippen MR) is 117 cm³/mol. The number of amidine groups is 1. The lowest BCUT2D eigenvalue weighted by molar-refractivity contribution is -0.145. The summed E-state index contributed by atoms with van der Waals surface area (Å²) in [5.41, 5.74) is 1.16. The van der Waals surface area contributed by atoms with Crippen molar-refractivity contribution in [1.29, 1.82) is 0 Å². The minimum Gasteiger partial charge on any atom is -0.508 e. The molecule has 1 unspecified atom stereocenters. The molecule has 0 bridgehead atoms. The van der Waals surface area contributed by atoms with Crippen molar-refractivity contribution in [3.63, 3.8) is 0 Å². The molecule has 7 nitrogen and oxygen atoms in total. The van der Waals surface area contributed by atoms with Crippen molar-refractivity contribution in [2.24, 2.45) is 4.99 Å². The lowest BCUT2D eigenvalue weighted by Crippen LogP contribution is -2.28. The van der Waals surface area contributed by atoms with Gasteiger partial charge in [0.25, 0.3) is 5.91 Å². The maximum atomic E-state index is 12.9. The van der Waals surface area contributed by atoms with Crippen LogP contribution in [0.1, 0.15) is 25.8 Å². The number of rotatable bonds is 7. The molecule has 30 heavy (non-hydrogen) atoms. The first kappa shape index (κ1) is 21.4. The van der Waals surface area contributed by atoms with Gasteiger partial charge in [0.05, 0.1) is 10.6 Å². The minimum atomic E-state index is -1.04. The summed E-state index contributed by atoms with van der Waals surface area (Å²) in [6.07, 6.45) is 1.04. The van der Waals surface area contributed by atoms with Gasteiger partial charge in [-0.05, 0) is 49.4 Å². The summed E-state index contributed by atoms with van der Waals surface area (Å²) in [7, 11) is 0. The van der Waals surface area contributed by atoms with Gasteiger partial charge in [0.1, 0.15) is 11.5 Å². The number of ether oxygens (including phenoxy) is 1. The highest BCUT2D eigenvalue weighted by Crippen LogP contribution is 2.36. The van der Waals surface area contributed by atoms with E-state index >= 15 is 0 Å². The first-order chi connectivity index (χ1) is 14.4. The van der Waals surface area contributed by atoms with Gasteiger partial charge in [-0.3, -0.25) is 9.69 Å². The molecule has 0 radical (unpaired) electrons. The van der Waals surface area contributed by atoms with Crippen LogP contribution < -0.4 is 4.74 Å². The third kappa shape index (κ3) is 4.83. The van der Waals surface area contributed by atoms with Crippen LogP contribution in [0.4, 0.5) is 5.69 Å². The Hall–Kier alpha value is -3.26. The molecule has 1 saturated heterocycles. The monoisotopic (exact) mass is 426 g/mol. The minimum absolute atomic E-state index is 0.0972. The summed E-state index contributed by atoms with van der Waals surface area (Å²) in [5, 5.41) is 19.4. The number of hydrogen-bond donors (Lipinski definition) is 2. The van der Waals surface area contributed by atoms with Gasteiger partial charge in [0.2, 0.25) is 0 Å². The van der Waals surface area contributed by atoms with Gasteiger partial charge in [-0.25, -0.2) is 9.79 Å². The van der Waals surface area contributed by atoms with Gasteiger partial charge < -0.3 is 14.9 Å². The molecule has 156 valence electrons. The van der Waals surface area contributed by atoms with E-state index in [0.717, 1.165) is 0 Å². The van der Waals surface area contributed by atoms with E-state index in [1.807, 2.05) is 6.92 Å². The number of para-hydroxylation sites is 1. The predicted octanol–water partition coefficient (Wildman–Crippen LogP) is 4.26. The van der Waals surface area contributed by atoms with Crippen molar-refractivity contribution in [3.05, 3.63) is 59.0 Å². The number of aliphatic imine (C=N–C) groups is 1. The van der Waals surface area contributed by atoms with Gasteiger partial charge in [-0.15, -0.1) is 0 Å². The second kappa shape index (κ2) is 9.49. The highest BCUT2D eigenvalue weighted by molar-refractivity contribution is 8.18. The number of aromatic hydroxyl groups is 1. The molecule has 0 saturated carbocycles. The highest BCUT2D eigenvalue weighted by atomic mass is 32.2. The van der Waals surface area contributed by atoms with E-state index in [1.54, 1.807) is 60.4 Å². The molecule has 2 aromatic rings. The first-order valence-electron chi connectivity index (χ1n) is 9.50. The van der Waals surface area contributed by atoms with Gasteiger partial charge in [0, 0.05) is 18.2 Å². The Morgan fingerprint density at radius 3 is 2.67 bits per heavy atom. The molecule has 1 amide bonds. The number of carbonyl (C=O) groups excluding carboxylic acids is 1. The third-order valence-corrected chi connectivity index (χ3v) is 5.39. The molecule has 0 aliphatic carbocycles. The molecule has 1 heterocycles. The summed E-state index contributed by atoms with van der Waals surface area (Å²) in [6.45, 7) is 4.03. The Bertz CT molecular complexity index is 1020. The average molecular weight is 426 g/mol. The number of phenolic OH excluding ortho intramolecular Hbond substituents is 1. The van der Waals surface area contributed by atoms with Gasteiger partial charge >= 0.3 is 5.97 Å². The van der Waals surface area contributed by atoms with E-state index < -0.39 is 12.1 Å². The van der Waals surface area contributed by atoms with E-state index in [2.05, 4.69) is 4.99 Å². The summed E-state index contributed by atoms with van der Waals surface area (Å²) in [6, 6.07) is 13.5. The van der Waals surface area contributed by atoms with Gasteiger partial charge in [-0.1, -0.05) is 31.2 Å². The molecule has 1 aliphatic rings. The standard InChI is InChI=1S/C22H22N2O5S/c1-3-17(21(27)28)29-18-11-6-5-8-14(18)12-19-20(26)24(4-2)22(30-19)23-15-9-7-10-16(25)13-15/h5-13,17,25H,3-4H2,1-2H3,(H,27,28)/b19-12-,23-22?. The number of amides is 1. The quantitative estimate of drug-likeness (QED) is 0.642. The summed E-state index contributed by atoms with van der Waals surface area (Å²) >= 11 is 1.22. The van der Waals surface area contributed by atoms with Crippen LogP contribution in [0.25, 0.3) is 6.08 Å². The Labute approximate surface area is 178 Å². The van der Waals surface area contributed by atoms with E-state index in [4.69, 9.17) is 4.74 Å². The molecule has 8 heteroatoms. The molecule has 1 atom stereocenters. The number of aliphatic carboxylic acids is 1. The molecule has 2 N–H and O–H groups in total. The topological polar surface area (TPSA) is 99.4 Å². The van der Waals surface area contributed by atoms with Crippen LogP contribution in [-0.2, 0) is 9.59 Å². The van der Waals surface area contributed by atoms with Crippen molar-refractivity contribution in [3.8, 4) is 11.5 Å². The average Bonchev–Trinajstić information content (AvgIpc) is 3.01. The molecule has 2 aromatic carbocycles. The molecular weight excluding hydrogens is 404 g/mol. The largest absolute Gasteiger partial charge is 0.508 e. The van der Waals surface area contributed by atoms with Crippen LogP contribution in [0, 0.1) is 0 Å². The third-order valence-electron chi connectivity index (χ3n) is 4.38. The van der Waals surface area contributed by atoms with E-state index in [0.29, 0.717) is 40.0 Å². The number of hydrogen-bond acceptors (Lipinski definition) is 6. The fourth-order valence-electron chi connectivity index (χ4n) is 2.85. The molecule has 3 rings (SSSR count). The number of thioether (sulfide) groups is 1. The maximum Gasteiger partial charge on any atom is 0.344 e. The second-order valence-corrected chi connectivity index (χ2v) is 7.47. The smallest absolute Gasteiger partial charge is 0.344 e. The fraction of sp³-hybridized carbons (Fsp3) is 0.227. The Morgan fingerprint density at radius 2 is 2.00 bits per heavy atom. The van der Waals surface area contributed by atoms with E-state index in [9.17, 15) is 19.8 Å². The number of nitrogens with zero attached hydrogens (tertiary/aromatic N) is 2. The van der Waals surface area contributed by atoms with Crippen molar-refractivity contribution < 1.29 is 24.5 Å². The van der Waals surface area contributed by atoms with Crippen LogP contribution in [0.15, 0.2) is 58.4 Å². The molecule has 1 aliphatic heterocycles. The number of carboxylic acid groups (broad SMARTS) is 1. The second-order valence-electron chi connectivity index (χ2n) is 6.47. The van der Waals surface area contributed by atoms with Crippen molar-refractivity contribution in [1.82, 2.24) is 4.90 Å². The van der Waals surface area contributed by atoms with Crippen LogP contribution in [0.3, 0.4) is 0 Å². The van der Waals surface area contributed by atoms with Crippen molar-refractivity contribution >= 4 is 40.6 Å². The lowest BCUT2D eigenvalue weighted by atomic mass is 10.1. The van der Waals surface area contributed by atoms with Crippen LogP contribution in [-0.4, -0.2) is 44.8 Å². The zero-order valence-electron chi connectivity index (χ0n) is 16.6. The molecular formula is C22H22N2O5S. The summed E-state index contributed by atoms with van der Waals surface area (Å²) in [5.74, 6) is -0.737. The Balaban J connectivity index is 1.93. The lowest BCUT2D eigenvalue weighted by Gasteiger charge is -2.15. The normalized spacial score (nSPS) is 17.5. The van der Waals surface area contributed by atoms with E-state index in [1.165, 1.54) is 17.8 Å². The van der Waals surface area contributed by atoms with Crippen molar-refractivity contribution in [2.75, 3.05) is 6.54 Å². The first-order valence-corrected chi connectivity index (χ1v) is 10.3. The number of carbonyl (C=O) groups is 2. The highest BCUT2D eigenvalue weighted by Gasteiger charge is 2.32. The zero-order valence-corrected chi connectivity index (χ0v) is 17.4. The summed E-state index contributed by atoms with van der Waals surface area (Å²) in [4.78, 5) is 30.7. The molecule has 1 fully saturated rings. The van der Waals surface area contributed by atoms with Crippen LogP contribution in [0.2, 0.25) is 0 Å². The van der Waals surface area contributed by atoms with E-state index in [-0.39, 0.29) is 11.7 Å². The zero-order chi connectivity index (χ0) is 21.7. The fourth-order valence-corrected chi connectivity index (χ4v) is 3.91. The molecule has 0 aromatic heterocycles. The van der Waals surface area contributed by atoms with Crippen molar-refractivity contribution in [2.45, 2.75) is 26.4 Å². The Morgan fingerprint density at radius 1 is 1.23 bits per heavy atom. The molecule has 0 spiro atoms. The van der Waals surface area contributed by atoms with Gasteiger partial charge in [0.15, 0.2) is 11.3 Å². The number of likely N-dealkylation sites (N-methyl/N-ethyl adjacent to an activating group) is 1. The number of benzene rings is 2. The number of carboxylic acids is 1. The van der Waals surface area contributed by atoms with Gasteiger partial charge in [-0.2, -0.15) is 0 Å². The SMILES string of the molecule is CCC(Oc1ccccc1/C=C1\SC(=Nc2cccc(O)c2)N(CC)C1=O)C(=O)O. The van der Waals surface area contributed by atoms with Crippen LogP contribution >= 0.6 is 11.8 Å².